The van der Waals surface area contributed by atoms with Crippen molar-refractivity contribution in [2.75, 3.05) is 12.1 Å². The predicted molar refractivity (Wildman–Crippen MR) is 49.8 cm³/mol. The number of imidazole rings is 1. The molecule has 0 amide bonds. The molecule has 0 saturated heterocycles. The van der Waals surface area contributed by atoms with Crippen LogP contribution in [0.4, 0.5) is 0 Å². The number of nitrogens with one attached hydrogen (secondary N) is 1. The van der Waals surface area contributed by atoms with Gasteiger partial charge in [-0.25, -0.2) is 9.66 Å². The normalized spacial score (nSPS) is 10.2. The van der Waals surface area contributed by atoms with Crippen LogP contribution in [0.15, 0.2) is 35.8 Å². The van der Waals surface area contributed by atoms with Gasteiger partial charge in [0, 0.05) is 0 Å². The zero-order chi connectivity index (χ0) is 9.10. The standard InChI is InChI=1S/C8H8N4O/c13-11-5-10-12-6-9-7-3-1-2-4-8(7)12/h1-4,6,10H,5H2. The zero-order valence-corrected chi connectivity index (χ0v) is 6.84. The Morgan fingerprint density at radius 1 is 1.46 bits per heavy atom. The number of fused-ring (bicyclic) bond motifs is 1. The zero-order valence-electron chi connectivity index (χ0n) is 6.84. The molecule has 0 aliphatic rings. The van der Waals surface area contributed by atoms with Crippen molar-refractivity contribution in [1.29, 1.82) is 0 Å². The van der Waals surface area contributed by atoms with Crippen LogP contribution in [0.2, 0.25) is 0 Å². The highest BCUT2D eigenvalue weighted by Crippen LogP contribution is 2.09. The summed E-state index contributed by atoms with van der Waals surface area (Å²) in [7, 11) is 0. The van der Waals surface area contributed by atoms with Gasteiger partial charge in [-0.15, -0.1) is 4.91 Å². The van der Waals surface area contributed by atoms with Crippen molar-refractivity contribution >= 4 is 11.0 Å². The topological polar surface area (TPSA) is 59.3 Å². The van der Waals surface area contributed by atoms with E-state index >= 15 is 0 Å². The monoisotopic (exact) mass is 176 g/mol. The van der Waals surface area contributed by atoms with Crippen LogP contribution in [-0.4, -0.2) is 16.3 Å². The Morgan fingerprint density at radius 2 is 2.31 bits per heavy atom. The molecule has 1 aromatic heterocycles. The second-order valence-electron chi connectivity index (χ2n) is 2.55. The molecule has 0 bridgehead atoms. The maximum absolute atomic E-state index is 9.89. The molecule has 5 heteroatoms. The highest BCUT2D eigenvalue weighted by atomic mass is 16.3. The Labute approximate surface area is 74.3 Å². The number of nitroso groups, excluding NO2 is 1. The summed E-state index contributed by atoms with van der Waals surface area (Å²) in [4.78, 5) is 14.0. The number of para-hydroxylation sites is 2. The number of aromatic nitrogens is 2. The van der Waals surface area contributed by atoms with E-state index in [9.17, 15) is 4.91 Å². The SMILES string of the molecule is O=NCNn1cnc2ccccc21. The van der Waals surface area contributed by atoms with Gasteiger partial charge in [0.25, 0.3) is 0 Å². The van der Waals surface area contributed by atoms with Gasteiger partial charge in [0.15, 0.2) is 6.67 Å². The lowest BCUT2D eigenvalue weighted by Gasteiger charge is -2.02. The molecule has 0 fully saturated rings. The van der Waals surface area contributed by atoms with E-state index in [1.54, 1.807) is 11.0 Å². The number of rotatable bonds is 3. The lowest BCUT2D eigenvalue weighted by Crippen LogP contribution is -2.12. The van der Waals surface area contributed by atoms with Gasteiger partial charge >= 0.3 is 0 Å². The molecule has 0 unspecified atom stereocenters. The van der Waals surface area contributed by atoms with Gasteiger partial charge < -0.3 is 0 Å². The Morgan fingerprint density at radius 3 is 3.15 bits per heavy atom. The van der Waals surface area contributed by atoms with Crippen LogP contribution < -0.4 is 5.43 Å². The Bertz CT molecular complexity index is 423. The molecule has 13 heavy (non-hydrogen) atoms. The van der Waals surface area contributed by atoms with Gasteiger partial charge in [-0.1, -0.05) is 12.1 Å². The molecule has 0 atom stereocenters. The summed E-state index contributed by atoms with van der Waals surface area (Å²) in [5.74, 6) is 0. The first-order valence-corrected chi connectivity index (χ1v) is 3.87. The Kier molecular flexibility index (Phi) is 1.91. The van der Waals surface area contributed by atoms with Crippen LogP contribution in [0.3, 0.4) is 0 Å². The van der Waals surface area contributed by atoms with E-state index in [0.717, 1.165) is 11.0 Å². The third-order valence-corrected chi connectivity index (χ3v) is 1.76. The van der Waals surface area contributed by atoms with E-state index in [-0.39, 0.29) is 6.67 Å². The highest BCUT2D eigenvalue weighted by molar-refractivity contribution is 5.75. The van der Waals surface area contributed by atoms with E-state index in [1.807, 2.05) is 24.3 Å². The summed E-state index contributed by atoms with van der Waals surface area (Å²) in [6.45, 7) is 0.0420. The van der Waals surface area contributed by atoms with Crippen LogP contribution in [0.25, 0.3) is 11.0 Å². The number of nitrogens with zero attached hydrogens (tertiary/aromatic N) is 3. The average Bonchev–Trinajstić information content (AvgIpc) is 2.58. The van der Waals surface area contributed by atoms with Gasteiger partial charge in [0.1, 0.15) is 6.33 Å². The van der Waals surface area contributed by atoms with E-state index in [0.29, 0.717) is 0 Å². The fourth-order valence-corrected chi connectivity index (χ4v) is 1.19. The van der Waals surface area contributed by atoms with Crippen molar-refractivity contribution in [3.63, 3.8) is 0 Å². The summed E-state index contributed by atoms with van der Waals surface area (Å²) in [6, 6.07) is 7.65. The van der Waals surface area contributed by atoms with Crippen LogP contribution in [0.5, 0.6) is 0 Å². The van der Waals surface area contributed by atoms with E-state index in [1.165, 1.54) is 0 Å². The summed E-state index contributed by atoms with van der Waals surface area (Å²) in [5, 5.41) is 2.71. The fourth-order valence-electron chi connectivity index (χ4n) is 1.19. The molecule has 2 aromatic rings. The average molecular weight is 176 g/mol. The van der Waals surface area contributed by atoms with Gasteiger partial charge in [0.2, 0.25) is 0 Å². The number of hydrogen-bond donors (Lipinski definition) is 1. The summed E-state index contributed by atoms with van der Waals surface area (Å²) >= 11 is 0. The third kappa shape index (κ3) is 1.35. The molecule has 1 N–H and O–H groups in total. The molecule has 0 aliphatic carbocycles. The molecular weight excluding hydrogens is 168 g/mol. The fraction of sp³-hybridized carbons (Fsp3) is 0.125. The Balaban J connectivity index is 2.40. The van der Waals surface area contributed by atoms with Gasteiger partial charge in [-0.3, -0.25) is 5.43 Å². The van der Waals surface area contributed by atoms with Crippen molar-refractivity contribution in [3.05, 3.63) is 35.5 Å². The van der Waals surface area contributed by atoms with Crippen LogP contribution in [0.1, 0.15) is 0 Å². The molecule has 1 heterocycles. The van der Waals surface area contributed by atoms with Crippen LogP contribution >= 0.6 is 0 Å². The summed E-state index contributed by atoms with van der Waals surface area (Å²) in [6.07, 6.45) is 1.62. The van der Waals surface area contributed by atoms with E-state index in [2.05, 4.69) is 15.6 Å². The molecule has 0 spiro atoms. The quantitative estimate of drug-likeness (QED) is 0.717. The van der Waals surface area contributed by atoms with Crippen LogP contribution in [-0.2, 0) is 0 Å². The molecule has 5 nitrogen and oxygen atoms in total. The molecule has 0 radical (unpaired) electrons. The van der Waals surface area contributed by atoms with Crippen molar-refractivity contribution in [1.82, 2.24) is 9.66 Å². The summed E-state index contributed by atoms with van der Waals surface area (Å²) < 4.78 is 1.68. The second-order valence-corrected chi connectivity index (χ2v) is 2.55. The van der Waals surface area contributed by atoms with E-state index < -0.39 is 0 Å². The number of benzene rings is 1. The third-order valence-electron chi connectivity index (χ3n) is 1.76. The summed E-state index contributed by atoms with van der Waals surface area (Å²) in [5.41, 5.74) is 4.62. The second kappa shape index (κ2) is 3.22. The molecular formula is C8H8N4O. The molecule has 0 aliphatic heterocycles. The van der Waals surface area contributed by atoms with E-state index in [4.69, 9.17) is 0 Å². The number of hydrogen-bond acceptors (Lipinski definition) is 4. The smallest absolute Gasteiger partial charge is 0.163 e. The maximum atomic E-state index is 9.89. The molecule has 2 rings (SSSR count). The largest absolute Gasteiger partial charge is 0.299 e. The first kappa shape index (κ1) is 7.72. The first-order chi connectivity index (χ1) is 6.42. The minimum Gasteiger partial charge on any atom is -0.299 e. The first-order valence-electron chi connectivity index (χ1n) is 3.87. The highest BCUT2D eigenvalue weighted by Gasteiger charge is 1.98. The molecule has 0 saturated carbocycles. The Hall–Kier alpha value is -1.91. The molecule has 66 valence electrons. The minimum absolute atomic E-state index is 0.0420. The van der Waals surface area contributed by atoms with Gasteiger partial charge in [0.05, 0.1) is 11.0 Å². The molecule has 1 aromatic carbocycles. The van der Waals surface area contributed by atoms with Crippen molar-refractivity contribution in [2.24, 2.45) is 5.18 Å². The van der Waals surface area contributed by atoms with Crippen molar-refractivity contribution in [2.45, 2.75) is 0 Å². The van der Waals surface area contributed by atoms with Crippen molar-refractivity contribution < 1.29 is 0 Å². The predicted octanol–water partition coefficient (Wildman–Crippen LogP) is 1.30. The lowest BCUT2D eigenvalue weighted by molar-refractivity contribution is 0.867. The van der Waals surface area contributed by atoms with Gasteiger partial charge in [-0.2, -0.15) is 0 Å². The minimum atomic E-state index is 0.0420. The van der Waals surface area contributed by atoms with Gasteiger partial charge in [-0.05, 0) is 17.3 Å². The maximum Gasteiger partial charge on any atom is 0.163 e. The lowest BCUT2D eigenvalue weighted by atomic mass is 10.3. The van der Waals surface area contributed by atoms with Crippen molar-refractivity contribution in [3.8, 4) is 0 Å². The van der Waals surface area contributed by atoms with Crippen LogP contribution in [0, 0.1) is 4.91 Å².